The molecule has 4 fully saturated rings. The topological polar surface area (TPSA) is 9.23 Å². The van der Waals surface area contributed by atoms with Crippen LogP contribution in [0.2, 0.25) is 0 Å². The SMILES string of the molecule is CC(C)=C1C2C[C@H]3CC1C1CC2C[C@H]1O3. The first-order valence-electron chi connectivity index (χ1n) is 6.56. The number of allylic oxidation sites excluding steroid dienone is 2. The molecule has 5 bridgehead atoms. The first-order chi connectivity index (χ1) is 7.24. The van der Waals surface area contributed by atoms with E-state index in [1.54, 1.807) is 5.57 Å². The third kappa shape index (κ3) is 0.982. The summed E-state index contributed by atoms with van der Waals surface area (Å²) in [5, 5.41) is 0. The van der Waals surface area contributed by atoms with Crippen LogP contribution in [0, 0.1) is 23.7 Å². The van der Waals surface area contributed by atoms with Gasteiger partial charge in [0.05, 0.1) is 12.2 Å². The Morgan fingerprint density at radius 2 is 1.87 bits per heavy atom. The molecule has 4 aliphatic rings. The highest BCUT2D eigenvalue weighted by Gasteiger charge is 2.57. The van der Waals surface area contributed by atoms with Crippen LogP contribution in [0.3, 0.4) is 0 Å². The smallest absolute Gasteiger partial charge is 0.0615 e. The summed E-state index contributed by atoms with van der Waals surface area (Å²) in [6, 6.07) is 0. The Kier molecular flexibility index (Phi) is 1.58. The van der Waals surface area contributed by atoms with Gasteiger partial charge in [-0.3, -0.25) is 0 Å². The van der Waals surface area contributed by atoms with Crippen molar-refractivity contribution in [3.05, 3.63) is 11.1 Å². The molecule has 4 rings (SSSR count). The zero-order valence-corrected chi connectivity index (χ0v) is 9.70. The van der Waals surface area contributed by atoms with E-state index in [0.29, 0.717) is 12.2 Å². The Labute approximate surface area is 91.9 Å². The van der Waals surface area contributed by atoms with Gasteiger partial charge in [0.15, 0.2) is 0 Å². The van der Waals surface area contributed by atoms with E-state index in [1.165, 1.54) is 25.7 Å². The Hall–Kier alpha value is -0.300. The highest BCUT2D eigenvalue weighted by Crippen LogP contribution is 2.62. The Morgan fingerprint density at radius 3 is 2.67 bits per heavy atom. The molecular formula is C14H20O. The molecule has 82 valence electrons. The second kappa shape index (κ2) is 2.68. The van der Waals surface area contributed by atoms with Gasteiger partial charge in [-0.2, -0.15) is 0 Å². The standard InChI is InChI=1S/C14H20O/c1-7(2)14-10-5-9-6-12(14)11-3-8(10)4-13(11)15-9/h8-13H,3-6H2,1-2H3/t8?,9-,10?,11?,12?,13+/m0/s1. The van der Waals surface area contributed by atoms with Crippen LogP contribution in [0.5, 0.6) is 0 Å². The van der Waals surface area contributed by atoms with Crippen LogP contribution in [0.15, 0.2) is 11.1 Å². The maximum atomic E-state index is 6.21. The molecule has 1 saturated heterocycles. The normalized spacial score (nSPS) is 55.2. The second-order valence-corrected chi connectivity index (χ2v) is 6.33. The summed E-state index contributed by atoms with van der Waals surface area (Å²) < 4.78 is 6.21. The molecule has 1 heterocycles. The van der Waals surface area contributed by atoms with Crippen molar-refractivity contribution in [2.75, 3.05) is 0 Å². The minimum Gasteiger partial charge on any atom is -0.375 e. The van der Waals surface area contributed by atoms with Gasteiger partial charge < -0.3 is 4.74 Å². The fraction of sp³-hybridized carbons (Fsp3) is 0.857. The van der Waals surface area contributed by atoms with E-state index in [0.717, 1.165) is 23.7 Å². The number of ether oxygens (including phenoxy) is 1. The average Bonchev–Trinajstić information content (AvgIpc) is 2.51. The zero-order chi connectivity index (χ0) is 10.2. The number of hydrogen-bond acceptors (Lipinski definition) is 1. The summed E-state index contributed by atoms with van der Waals surface area (Å²) >= 11 is 0. The molecule has 0 amide bonds. The van der Waals surface area contributed by atoms with Crippen LogP contribution in [0.4, 0.5) is 0 Å². The van der Waals surface area contributed by atoms with Crippen molar-refractivity contribution in [1.82, 2.24) is 0 Å². The van der Waals surface area contributed by atoms with E-state index < -0.39 is 0 Å². The zero-order valence-electron chi connectivity index (χ0n) is 9.70. The molecule has 3 saturated carbocycles. The quantitative estimate of drug-likeness (QED) is 0.551. The molecule has 15 heavy (non-hydrogen) atoms. The van der Waals surface area contributed by atoms with Crippen molar-refractivity contribution in [3.8, 4) is 0 Å². The predicted octanol–water partition coefficient (Wildman–Crippen LogP) is 3.16. The molecule has 0 aromatic carbocycles. The minimum atomic E-state index is 0.620. The summed E-state index contributed by atoms with van der Waals surface area (Å²) in [7, 11) is 0. The first kappa shape index (κ1) is 8.81. The fourth-order valence-electron chi connectivity index (χ4n) is 5.12. The van der Waals surface area contributed by atoms with Crippen LogP contribution in [0.25, 0.3) is 0 Å². The lowest BCUT2D eigenvalue weighted by atomic mass is 9.60. The number of fused-ring (bicyclic) bond motifs is 4. The lowest BCUT2D eigenvalue weighted by molar-refractivity contribution is -0.109. The van der Waals surface area contributed by atoms with Gasteiger partial charge in [0.2, 0.25) is 0 Å². The van der Waals surface area contributed by atoms with E-state index in [4.69, 9.17) is 4.74 Å². The van der Waals surface area contributed by atoms with Gasteiger partial charge in [0.25, 0.3) is 0 Å². The molecule has 1 heteroatoms. The van der Waals surface area contributed by atoms with E-state index in [-0.39, 0.29) is 0 Å². The molecule has 0 radical (unpaired) electrons. The Balaban J connectivity index is 1.88. The van der Waals surface area contributed by atoms with Gasteiger partial charge in [-0.25, -0.2) is 0 Å². The van der Waals surface area contributed by atoms with Crippen molar-refractivity contribution in [3.63, 3.8) is 0 Å². The number of hydrogen-bond donors (Lipinski definition) is 0. The van der Waals surface area contributed by atoms with Crippen molar-refractivity contribution in [2.24, 2.45) is 23.7 Å². The van der Waals surface area contributed by atoms with Crippen molar-refractivity contribution in [2.45, 2.75) is 51.7 Å². The van der Waals surface area contributed by atoms with Gasteiger partial charge in [0, 0.05) is 0 Å². The summed E-state index contributed by atoms with van der Waals surface area (Å²) in [5.74, 6) is 3.69. The molecular weight excluding hydrogens is 184 g/mol. The van der Waals surface area contributed by atoms with Crippen molar-refractivity contribution >= 4 is 0 Å². The molecule has 3 aliphatic carbocycles. The Morgan fingerprint density at radius 1 is 1.07 bits per heavy atom. The highest BCUT2D eigenvalue weighted by molar-refractivity contribution is 5.28. The molecule has 1 nitrogen and oxygen atoms in total. The fourth-order valence-corrected chi connectivity index (χ4v) is 5.12. The lowest BCUT2D eigenvalue weighted by Crippen LogP contribution is -2.46. The lowest BCUT2D eigenvalue weighted by Gasteiger charge is -2.50. The van der Waals surface area contributed by atoms with Crippen molar-refractivity contribution < 1.29 is 4.74 Å². The van der Waals surface area contributed by atoms with Gasteiger partial charge in [-0.1, -0.05) is 11.1 Å². The van der Waals surface area contributed by atoms with E-state index in [2.05, 4.69) is 13.8 Å². The van der Waals surface area contributed by atoms with Crippen LogP contribution < -0.4 is 0 Å². The largest absolute Gasteiger partial charge is 0.375 e. The predicted molar refractivity (Wildman–Crippen MR) is 59.5 cm³/mol. The molecule has 1 aliphatic heterocycles. The summed E-state index contributed by atoms with van der Waals surface area (Å²) in [6.45, 7) is 4.66. The number of rotatable bonds is 0. The molecule has 4 unspecified atom stereocenters. The van der Waals surface area contributed by atoms with Gasteiger partial charge in [0.1, 0.15) is 0 Å². The molecule has 0 aromatic heterocycles. The van der Waals surface area contributed by atoms with Gasteiger partial charge >= 0.3 is 0 Å². The Bertz CT molecular complexity index is 333. The maximum absolute atomic E-state index is 6.21. The summed E-state index contributed by atoms with van der Waals surface area (Å²) in [4.78, 5) is 0. The van der Waals surface area contributed by atoms with Crippen LogP contribution in [-0.4, -0.2) is 12.2 Å². The maximum Gasteiger partial charge on any atom is 0.0615 e. The highest BCUT2D eigenvalue weighted by atomic mass is 16.5. The molecule has 0 aromatic rings. The first-order valence-corrected chi connectivity index (χ1v) is 6.56. The monoisotopic (exact) mass is 204 g/mol. The van der Waals surface area contributed by atoms with E-state index in [1.807, 2.05) is 5.57 Å². The summed E-state index contributed by atoms with van der Waals surface area (Å²) in [5.41, 5.74) is 3.49. The van der Waals surface area contributed by atoms with Gasteiger partial charge in [-0.15, -0.1) is 0 Å². The molecule has 6 atom stereocenters. The molecule has 0 spiro atoms. The van der Waals surface area contributed by atoms with E-state index in [9.17, 15) is 0 Å². The van der Waals surface area contributed by atoms with Crippen LogP contribution in [0.1, 0.15) is 39.5 Å². The third-order valence-corrected chi connectivity index (χ3v) is 5.45. The molecule has 0 N–H and O–H groups in total. The van der Waals surface area contributed by atoms with Crippen LogP contribution >= 0.6 is 0 Å². The third-order valence-electron chi connectivity index (χ3n) is 5.45. The van der Waals surface area contributed by atoms with Crippen LogP contribution in [-0.2, 0) is 4.74 Å². The average molecular weight is 204 g/mol. The summed E-state index contributed by atoms with van der Waals surface area (Å²) in [6.07, 6.45) is 6.79. The second-order valence-electron chi connectivity index (χ2n) is 6.33. The van der Waals surface area contributed by atoms with E-state index >= 15 is 0 Å². The van der Waals surface area contributed by atoms with Crippen molar-refractivity contribution in [1.29, 1.82) is 0 Å². The minimum absolute atomic E-state index is 0.620. The van der Waals surface area contributed by atoms with Gasteiger partial charge in [-0.05, 0) is 63.2 Å².